The third-order valence-corrected chi connectivity index (χ3v) is 8.79. The van der Waals surface area contributed by atoms with Crippen LogP contribution in [0, 0.1) is 0 Å². The molecule has 2 aliphatic rings. The first-order chi connectivity index (χ1) is 18.4. The maximum atomic E-state index is 13.2. The molecule has 1 unspecified atom stereocenters. The molecule has 3 aromatic rings. The van der Waals surface area contributed by atoms with Gasteiger partial charge in [-0.1, -0.05) is 47.2 Å². The fourth-order valence-electron chi connectivity index (χ4n) is 4.03. The number of oxime groups is 1. The average molecular weight is 574 g/mol. The van der Waals surface area contributed by atoms with Crippen LogP contribution in [0.2, 0.25) is 0 Å². The summed E-state index contributed by atoms with van der Waals surface area (Å²) in [6.45, 7) is 0. The van der Waals surface area contributed by atoms with Gasteiger partial charge in [-0.15, -0.1) is 28.2 Å². The van der Waals surface area contributed by atoms with E-state index in [1.165, 1.54) is 35.5 Å². The molecule has 5 rings (SSSR count). The molecule has 17 heteroatoms. The Labute approximate surface area is 227 Å². The number of aromatic amines is 1. The highest BCUT2D eigenvalue weighted by molar-refractivity contribution is 8.01. The van der Waals surface area contributed by atoms with Gasteiger partial charge in [0.25, 0.3) is 11.8 Å². The lowest BCUT2D eigenvalue weighted by molar-refractivity contribution is -0.150. The van der Waals surface area contributed by atoms with Crippen molar-refractivity contribution >= 4 is 63.5 Å². The van der Waals surface area contributed by atoms with E-state index in [1.807, 2.05) is 30.3 Å². The van der Waals surface area contributed by atoms with Gasteiger partial charge in [-0.05, 0) is 21.6 Å². The van der Waals surface area contributed by atoms with Crippen molar-refractivity contribution in [3.63, 3.8) is 0 Å². The van der Waals surface area contributed by atoms with Gasteiger partial charge in [0.1, 0.15) is 29.9 Å². The number of anilines is 1. The number of nitrogens with one attached hydrogen (secondary N) is 2. The molecular formula is C21H19N9O5S3. The average Bonchev–Trinajstić information content (AvgIpc) is 3.60. The summed E-state index contributed by atoms with van der Waals surface area (Å²) in [5.74, 6) is -2.21. The predicted octanol–water partition coefficient (Wildman–Crippen LogP) is 0.861. The second kappa shape index (κ2) is 10.8. The van der Waals surface area contributed by atoms with Crippen molar-refractivity contribution in [3.05, 3.63) is 58.2 Å². The summed E-state index contributed by atoms with van der Waals surface area (Å²) in [7, 11) is 1.28. The normalized spacial score (nSPS) is 20.0. The Hall–Kier alpha value is -3.96. The van der Waals surface area contributed by atoms with E-state index >= 15 is 0 Å². The number of rotatable bonds is 9. The Morgan fingerprint density at radius 2 is 2.16 bits per heavy atom. The van der Waals surface area contributed by atoms with Crippen molar-refractivity contribution in [2.24, 2.45) is 5.16 Å². The number of aromatic nitrogens is 5. The van der Waals surface area contributed by atoms with E-state index in [9.17, 15) is 19.5 Å². The standard InChI is InChI=1S/C21H19N9O5S3/c1-35-27-12(11-8-37-20(22)23-11)16(31)24-13-17(32)30-14(19(33)34)10(7-36-18(13)30)15(9-5-3-2-4-6-9)38-21-25-28-29-26-21/h2-6,8,13,15,18H,7H2,1H3,(H2,22,23)(H,24,31)(H,33,34)(H,25,26,28,29)/t13-,15?,18+/m1/s1. The van der Waals surface area contributed by atoms with Crippen molar-refractivity contribution in [1.29, 1.82) is 0 Å². The number of amides is 2. The molecule has 2 aromatic heterocycles. The van der Waals surface area contributed by atoms with Crippen LogP contribution in [0.3, 0.4) is 0 Å². The number of carboxylic acid groups (broad SMARTS) is 1. The highest BCUT2D eigenvalue weighted by Crippen LogP contribution is 2.48. The molecule has 38 heavy (non-hydrogen) atoms. The number of nitrogens with zero attached hydrogens (tertiary/aromatic N) is 6. The molecule has 1 aromatic carbocycles. The second-order valence-corrected chi connectivity index (χ2v) is 10.9. The molecule has 14 nitrogen and oxygen atoms in total. The lowest BCUT2D eigenvalue weighted by atomic mass is 9.98. The Morgan fingerprint density at radius 3 is 2.79 bits per heavy atom. The van der Waals surface area contributed by atoms with Gasteiger partial charge in [0.2, 0.25) is 5.16 Å². The molecule has 2 aliphatic heterocycles. The molecule has 0 spiro atoms. The number of nitrogen functional groups attached to an aromatic ring is 1. The van der Waals surface area contributed by atoms with E-state index in [4.69, 9.17) is 10.6 Å². The zero-order chi connectivity index (χ0) is 26.8. The third-order valence-electron chi connectivity index (χ3n) is 5.62. The lowest BCUT2D eigenvalue weighted by Gasteiger charge is -2.50. The van der Waals surface area contributed by atoms with Crippen molar-refractivity contribution in [2.45, 2.75) is 21.8 Å². The minimum absolute atomic E-state index is 0.129. The molecule has 0 saturated carbocycles. The zero-order valence-electron chi connectivity index (χ0n) is 19.5. The van der Waals surface area contributed by atoms with Gasteiger partial charge in [0.05, 0.1) is 5.25 Å². The number of carbonyl (C=O) groups is 3. The Kier molecular flexibility index (Phi) is 7.30. The van der Waals surface area contributed by atoms with E-state index in [2.05, 4.69) is 36.1 Å². The van der Waals surface area contributed by atoms with Crippen LogP contribution < -0.4 is 11.1 Å². The third kappa shape index (κ3) is 4.82. The number of hydrogen-bond acceptors (Lipinski definition) is 13. The number of carbonyl (C=O) groups excluding carboxylic acids is 2. The number of β-lactam (4-membered cyclic amide) rings is 1. The Morgan fingerprint density at radius 1 is 1.37 bits per heavy atom. The number of fused-ring (bicyclic) bond motifs is 1. The molecule has 0 bridgehead atoms. The molecular weight excluding hydrogens is 554 g/mol. The molecule has 1 saturated heterocycles. The molecule has 196 valence electrons. The molecule has 5 N–H and O–H groups in total. The molecule has 0 aliphatic carbocycles. The van der Waals surface area contributed by atoms with E-state index in [0.29, 0.717) is 10.7 Å². The number of tetrazole rings is 1. The van der Waals surface area contributed by atoms with Gasteiger partial charge in [0.15, 0.2) is 10.8 Å². The van der Waals surface area contributed by atoms with Gasteiger partial charge < -0.3 is 21.0 Å². The van der Waals surface area contributed by atoms with Crippen molar-refractivity contribution < 1.29 is 24.3 Å². The second-order valence-electron chi connectivity index (χ2n) is 7.85. The Balaban J connectivity index is 1.43. The molecule has 2 amide bonds. The van der Waals surface area contributed by atoms with E-state index in [1.54, 1.807) is 5.38 Å². The lowest BCUT2D eigenvalue weighted by Crippen LogP contribution is -2.71. The van der Waals surface area contributed by atoms with Crippen LogP contribution in [0.5, 0.6) is 0 Å². The van der Waals surface area contributed by atoms with Crippen LogP contribution in [-0.2, 0) is 19.2 Å². The number of H-pyrrole nitrogens is 1. The largest absolute Gasteiger partial charge is 0.477 e. The van der Waals surface area contributed by atoms with Crippen LogP contribution in [-0.4, -0.2) is 83.4 Å². The van der Waals surface area contributed by atoms with Crippen LogP contribution in [0.25, 0.3) is 0 Å². The SMILES string of the molecule is CON=C(C(=O)N[C@@H]1C(=O)N2C(C(=O)O)=C(C(Sc3nnn[nH]3)c3ccccc3)CS[C@@H]12)c1csc(N)n1. The summed E-state index contributed by atoms with van der Waals surface area (Å²) >= 11 is 3.71. The highest BCUT2D eigenvalue weighted by Gasteiger charge is 2.55. The number of hydrogen-bond donors (Lipinski definition) is 4. The molecule has 3 atom stereocenters. The van der Waals surface area contributed by atoms with E-state index in [0.717, 1.165) is 16.9 Å². The highest BCUT2D eigenvalue weighted by atomic mass is 32.2. The fourth-order valence-corrected chi connectivity index (χ4v) is 7.10. The Bertz CT molecular complexity index is 1430. The van der Waals surface area contributed by atoms with Crippen LogP contribution in [0.15, 0.2) is 57.3 Å². The quantitative estimate of drug-likeness (QED) is 0.122. The molecule has 0 radical (unpaired) electrons. The van der Waals surface area contributed by atoms with Crippen molar-refractivity contribution in [3.8, 4) is 0 Å². The number of aliphatic carboxylic acids is 1. The summed E-state index contributed by atoms with van der Waals surface area (Å²) < 4.78 is 0. The summed E-state index contributed by atoms with van der Waals surface area (Å²) in [5.41, 5.74) is 6.93. The minimum atomic E-state index is -1.25. The van der Waals surface area contributed by atoms with Gasteiger partial charge in [-0.2, -0.15) is 0 Å². The van der Waals surface area contributed by atoms with Crippen LogP contribution in [0.4, 0.5) is 5.13 Å². The van der Waals surface area contributed by atoms with Gasteiger partial charge in [-0.25, -0.2) is 14.9 Å². The first-order valence-corrected chi connectivity index (χ1v) is 13.7. The number of thiazole rings is 1. The van der Waals surface area contributed by atoms with Gasteiger partial charge in [0, 0.05) is 11.1 Å². The van der Waals surface area contributed by atoms with Crippen LogP contribution in [0.1, 0.15) is 16.5 Å². The van der Waals surface area contributed by atoms with Gasteiger partial charge in [-0.3, -0.25) is 14.5 Å². The fraction of sp³-hybridized carbons (Fsp3) is 0.238. The molecule has 4 heterocycles. The van der Waals surface area contributed by atoms with Crippen LogP contribution >= 0.6 is 34.9 Å². The summed E-state index contributed by atoms with van der Waals surface area (Å²) in [6, 6.07) is 8.31. The predicted molar refractivity (Wildman–Crippen MR) is 139 cm³/mol. The number of benzene rings is 1. The van der Waals surface area contributed by atoms with E-state index in [-0.39, 0.29) is 28.0 Å². The topological polar surface area (TPSA) is 202 Å². The van der Waals surface area contributed by atoms with Crippen molar-refractivity contribution in [1.82, 2.24) is 35.8 Å². The van der Waals surface area contributed by atoms with Gasteiger partial charge >= 0.3 is 5.97 Å². The summed E-state index contributed by atoms with van der Waals surface area (Å²) in [6.07, 6.45) is 0. The summed E-state index contributed by atoms with van der Waals surface area (Å²) in [5, 5.41) is 31.4. The number of thioether (sulfide) groups is 2. The number of carboxylic acids is 1. The smallest absolute Gasteiger partial charge is 0.352 e. The molecule has 1 fully saturated rings. The summed E-state index contributed by atoms with van der Waals surface area (Å²) in [4.78, 5) is 48.7. The monoisotopic (exact) mass is 573 g/mol. The minimum Gasteiger partial charge on any atom is -0.477 e. The first kappa shape index (κ1) is 25.7. The van der Waals surface area contributed by atoms with E-state index < -0.39 is 34.4 Å². The first-order valence-electron chi connectivity index (χ1n) is 10.9. The zero-order valence-corrected chi connectivity index (χ0v) is 21.9. The maximum Gasteiger partial charge on any atom is 0.352 e. The van der Waals surface area contributed by atoms with Crippen molar-refractivity contribution in [2.75, 3.05) is 18.6 Å². The maximum absolute atomic E-state index is 13.2. The number of nitrogens with two attached hydrogens (primary N) is 1.